The molecule has 1 amide bonds. The minimum atomic E-state index is -0.271. The van der Waals surface area contributed by atoms with Crippen molar-refractivity contribution in [1.29, 1.82) is 0 Å². The lowest BCUT2D eigenvalue weighted by molar-refractivity contribution is -0.132. The summed E-state index contributed by atoms with van der Waals surface area (Å²) in [6.45, 7) is 1.51. The number of benzene rings is 2. The molecule has 1 aliphatic rings. The summed E-state index contributed by atoms with van der Waals surface area (Å²) in [4.78, 5) is 21.5. The van der Waals surface area contributed by atoms with Crippen molar-refractivity contribution in [2.24, 2.45) is 0 Å². The van der Waals surface area contributed by atoms with Gasteiger partial charge in [-0.3, -0.25) is 9.69 Å². The van der Waals surface area contributed by atoms with Gasteiger partial charge in [-0.25, -0.2) is 9.37 Å². The van der Waals surface area contributed by atoms with Crippen molar-refractivity contribution in [3.05, 3.63) is 64.9 Å². The maximum Gasteiger partial charge on any atom is 0.236 e. The van der Waals surface area contributed by atoms with E-state index in [0.29, 0.717) is 12.1 Å². The summed E-state index contributed by atoms with van der Waals surface area (Å²) in [5.41, 5.74) is 1.57. The fraction of sp³-hybridized carbons (Fsp3) is 0.364. The average molecular weight is 398 g/mol. The third-order valence-corrected chi connectivity index (χ3v) is 6.48. The molecule has 1 aromatic heterocycles. The fourth-order valence-corrected chi connectivity index (χ4v) is 4.89. The summed E-state index contributed by atoms with van der Waals surface area (Å²) in [7, 11) is 1.74. The molecular formula is C22H24FN3OS. The molecule has 1 atom stereocenters. The van der Waals surface area contributed by atoms with Crippen LogP contribution in [-0.4, -0.2) is 40.8 Å². The van der Waals surface area contributed by atoms with E-state index in [1.54, 1.807) is 41.5 Å². The number of halogens is 1. The third kappa shape index (κ3) is 4.08. The Morgan fingerprint density at radius 2 is 2.00 bits per heavy atom. The molecule has 1 unspecified atom stereocenters. The van der Waals surface area contributed by atoms with Crippen LogP contribution in [0.2, 0.25) is 0 Å². The molecule has 2 heterocycles. The molecule has 0 spiro atoms. The van der Waals surface area contributed by atoms with Gasteiger partial charge in [-0.2, -0.15) is 0 Å². The monoisotopic (exact) mass is 397 g/mol. The molecule has 146 valence electrons. The minimum Gasteiger partial charge on any atom is -0.340 e. The van der Waals surface area contributed by atoms with Gasteiger partial charge in [-0.1, -0.05) is 36.8 Å². The minimum absolute atomic E-state index is 0.0104. The number of fused-ring (bicyclic) bond motifs is 1. The van der Waals surface area contributed by atoms with Gasteiger partial charge in [0.25, 0.3) is 0 Å². The summed E-state index contributed by atoms with van der Waals surface area (Å²) in [6, 6.07) is 15.0. The van der Waals surface area contributed by atoms with Gasteiger partial charge in [0.2, 0.25) is 5.91 Å². The molecule has 1 aliphatic heterocycles. The van der Waals surface area contributed by atoms with Crippen LogP contribution in [0.3, 0.4) is 0 Å². The molecule has 2 aromatic carbocycles. The average Bonchev–Trinajstić information content (AvgIpc) is 3.14. The van der Waals surface area contributed by atoms with Crippen molar-refractivity contribution in [2.45, 2.75) is 31.8 Å². The number of likely N-dealkylation sites (tertiary alicyclic amines) is 1. The van der Waals surface area contributed by atoms with Crippen molar-refractivity contribution >= 4 is 27.5 Å². The first-order chi connectivity index (χ1) is 13.6. The normalized spacial score (nSPS) is 17.7. The van der Waals surface area contributed by atoms with E-state index < -0.39 is 0 Å². The number of hydrogen-bond donors (Lipinski definition) is 0. The fourth-order valence-electron chi connectivity index (χ4n) is 3.76. The van der Waals surface area contributed by atoms with E-state index in [0.717, 1.165) is 36.3 Å². The molecule has 1 fully saturated rings. The van der Waals surface area contributed by atoms with Crippen LogP contribution in [0.4, 0.5) is 4.39 Å². The van der Waals surface area contributed by atoms with Crippen LogP contribution in [0.1, 0.15) is 35.9 Å². The second-order valence-electron chi connectivity index (χ2n) is 7.34. The van der Waals surface area contributed by atoms with Gasteiger partial charge in [0, 0.05) is 19.2 Å². The zero-order chi connectivity index (χ0) is 19.5. The zero-order valence-corrected chi connectivity index (χ0v) is 16.8. The summed E-state index contributed by atoms with van der Waals surface area (Å²) < 4.78 is 15.1. The lowest BCUT2D eigenvalue weighted by Gasteiger charge is -2.34. The van der Waals surface area contributed by atoms with E-state index in [-0.39, 0.29) is 24.3 Å². The van der Waals surface area contributed by atoms with Gasteiger partial charge in [0.15, 0.2) is 0 Å². The first-order valence-electron chi connectivity index (χ1n) is 9.69. The van der Waals surface area contributed by atoms with Crippen LogP contribution in [0.25, 0.3) is 10.2 Å². The second-order valence-corrected chi connectivity index (χ2v) is 8.41. The van der Waals surface area contributed by atoms with Gasteiger partial charge < -0.3 is 4.90 Å². The number of thiazole rings is 1. The van der Waals surface area contributed by atoms with Gasteiger partial charge >= 0.3 is 0 Å². The Balaban J connectivity index is 1.47. The molecule has 6 heteroatoms. The largest absolute Gasteiger partial charge is 0.340 e. The van der Waals surface area contributed by atoms with E-state index in [1.165, 1.54) is 10.8 Å². The Labute approximate surface area is 168 Å². The van der Waals surface area contributed by atoms with Crippen LogP contribution in [0.5, 0.6) is 0 Å². The number of para-hydroxylation sites is 1. The number of piperidine rings is 1. The lowest BCUT2D eigenvalue weighted by Crippen LogP contribution is -2.42. The van der Waals surface area contributed by atoms with Crippen LogP contribution in [0.15, 0.2) is 48.5 Å². The molecule has 0 radical (unpaired) electrons. The highest BCUT2D eigenvalue weighted by Crippen LogP contribution is 2.35. The van der Waals surface area contributed by atoms with E-state index >= 15 is 0 Å². The Kier molecular flexibility index (Phi) is 5.69. The van der Waals surface area contributed by atoms with E-state index in [2.05, 4.69) is 11.0 Å². The Hall–Kier alpha value is -2.31. The number of nitrogens with zero attached hydrogens (tertiary/aromatic N) is 3. The molecular weight excluding hydrogens is 373 g/mol. The number of carbonyl (C=O) groups excluding carboxylic acids is 1. The standard InChI is InChI=1S/C22H24FN3OS/c1-25(14-16-8-2-3-9-17(16)23)21(27)15-26-13-7-6-11-19(26)22-24-18-10-4-5-12-20(18)28-22/h2-5,8-10,12,19H,6-7,11,13-15H2,1H3. The van der Waals surface area contributed by atoms with Gasteiger partial charge in [-0.05, 0) is 37.6 Å². The van der Waals surface area contributed by atoms with Gasteiger partial charge in [-0.15, -0.1) is 11.3 Å². The molecule has 4 rings (SSSR count). The predicted molar refractivity (Wildman–Crippen MR) is 111 cm³/mol. The van der Waals surface area contributed by atoms with E-state index in [9.17, 15) is 9.18 Å². The molecule has 0 saturated carbocycles. The number of hydrogen-bond acceptors (Lipinski definition) is 4. The molecule has 0 aliphatic carbocycles. The predicted octanol–water partition coefficient (Wildman–Crippen LogP) is 4.62. The summed E-state index contributed by atoms with van der Waals surface area (Å²) >= 11 is 1.72. The summed E-state index contributed by atoms with van der Waals surface area (Å²) in [6.07, 6.45) is 3.26. The number of carbonyl (C=O) groups is 1. The number of likely N-dealkylation sites (N-methyl/N-ethyl adjacent to an activating group) is 1. The highest BCUT2D eigenvalue weighted by Gasteiger charge is 2.29. The zero-order valence-electron chi connectivity index (χ0n) is 16.0. The summed E-state index contributed by atoms with van der Waals surface area (Å²) in [5, 5.41) is 1.09. The molecule has 0 bridgehead atoms. The van der Waals surface area contributed by atoms with Crippen LogP contribution < -0.4 is 0 Å². The van der Waals surface area contributed by atoms with Crippen LogP contribution >= 0.6 is 11.3 Å². The highest BCUT2D eigenvalue weighted by atomic mass is 32.1. The Morgan fingerprint density at radius 1 is 1.21 bits per heavy atom. The van der Waals surface area contributed by atoms with Crippen molar-refractivity contribution in [1.82, 2.24) is 14.8 Å². The maximum atomic E-state index is 13.9. The molecule has 28 heavy (non-hydrogen) atoms. The van der Waals surface area contributed by atoms with E-state index in [1.807, 2.05) is 18.2 Å². The molecule has 0 N–H and O–H groups in total. The molecule has 4 nitrogen and oxygen atoms in total. The number of aromatic nitrogens is 1. The smallest absolute Gasteiger partial charge is 0.236 e. The number of rotatable bonds is 5. The van der Waals surface area contributed by atoms with Crippen molar-refractivity contribution in [3.63, 3.8) is 0 Å². The first-order valence-corrected chi connectivity index (χ1v) is 10.5. The Bertz CT molecular complexity index is 940. The molecule has 3 aromatic rings. The topological polar surface area (TPSA) is 36.4 Å². The van der Waals surface area contributed by atoms with Crippen LogP contribution in [0, 0.1) is 5.82 Å². The third-order valence-electron chi connectivity index (χ3n) is 5.34. The van der Waals surface area contributed by atoms with Gasteiger partial charge in [0.1, 0.15) is 10.8 Å². The van der Waals surface area contributed by atoms with Crippen molar-refractivity contribution < 1.29 is 9.18 Å². The quantitative estimate of drug-likeness (QED) is 0.630. The van der Waals surface area contributed by atoms with Crippen molar-refractivity contribution in [2.75, 3.05) is 20.1 Å². The first kappa shape index (κ1) is 19.0. The maximum absolute atomic E-state index is 13.9. The molecule has 1 saturated heterocycles. The van der Waals surface area contributed by atoms with Crippen LogP contribution in [-0.2, 0) is 11.3 Å². The SMILES string of the molecule is CN(Cc1ccccc1F)C(=O)CN1CCCCC1c1nc2ccccc2s1. The van der Waals surface area contributed by atoms with Crippen molar-refractivity contribution in [3.8, 4) is 0 Å². The van der Waals surface area contributed by atoms with Gasteiger partial charge in [0.05, 0.1) is 22.8 Å². The lowest BCUT2D eigenvalue weighted by atomic mass is 10.0. The summed E-state index contributed by atoms with van der Waals surface area (Å²) in [5.74, 6) is -0.260. The highest BCUT2D eigenvalue weighted by molar-refractivity contribution is 7.18. The Morgan fingerprint density at radius 3 is 2.82 bits per heavy atom. The second kappa shape index (κ2) is 8.37. The van der Waals surface area contributed by atoms with E-state index in [4.69, 9.17) is 4.98 Å². The number of amides is 1.